The maximum Gasteiger partial charge on any atom is 0.254 e. The molecular weight excluding hydrogens is 409 g/mol. The van der Waals surface area contributed by atoms with Crippen molar-refractivity contribution in [2.75, 3.05) is 6.54 Å². The first kappa shape index (κ1) is 19.7. The van der Waals surface area contributed by atoms with Gasteiger partial charge in [-0.2, -0.15) is 0 Å². The van der Waals surface area contributed by atoms with Crippen molar-refractivity contribution in [2.45, 2.75) is 19.9 Å². The molecular formula is C19H16Cl3N3O2. The Morgan fingerprint density at radius 3 is 2.44 bits per heavy atom. The number of carbonyl (C=O) groups excluding carboxylic acids is 1. The summed E-state index contributed by atoms with van der Waals surface area (Å²) in [5, 5.41) is 9.41. The summed E-state index contributed by atoms with van der Waals surface area (Å²) >= 11 is 18.2. The van der Waals surface area contributed by atoms with Crippen LogP contribution in [0.1, 0.15) is 29.6 Å². The Morgan fingerprint density at radius 1 is 1.07 bits per heavy atom. The summed E-state index contributed by atoms with van der Waals surface area (Å²) in [6.45, 7) is 2.68. The molecule has 3 aromatic rings. The molecule has 27 heavy (non-hydrogen) atoms. The molecule has 3 rings (SSSR count). The number of aromatic nitrogens is 2. The fourth-order valence-electron chi connectivity index (χ4n) is 2.61. The van der Waals surface area contributed by atoms with Gasteiger partial charge in [-0.3, -0.25) is 4.79 Å². The molecule has 140 valence electrons. The smallest absolute Gasteiger partial charge is 0.254 e. The van der Waals surface area contributed by atoms with Crippen LogP contribution < -0.4 is 0 Å². The molecule has 0 radical (unpaired) electrons. The van der Waals surface area contributed by atoms with Crippen LogP contribution in [0.15, 0.2) is 46.9 Å². The van der Waals surface area contributed by atoms with E-state index in [2.05, 4.69) is 10.2 Å². The van der Waals surface area contributed by atoms with Crippen molar-refractivity contribution in [3.8, 4) is 11.5 Å². The first-order chi connectivity index (χ1) is 13.0. The Balaban J connectivity index is 1.83. The highest BCUT2D eigenvalue weighted by atomic mass is 35.5. The van der Waals surface area contributed by atoms with Crippen LogP contribution in [0.2, 0.25) is 15.1 Å². The number of hydrogen-bond acceptors (Lipinski definition) is 4. The van der Waals surface area contributed by atoms with Crippen molar-refractivity contribution in [1.82, 2.24) is 15.1 Å². The fourth-order valence-corrected chi connectivity index (χ4v) is 3.35. The second-order valence-corrected chi connectivity index (χ2v) is 7.15. The predicted molar refractivity (Wildman–Crippen MR) is 106 cm³/mol. The lowest BCUT2D eigenvalue weighted by molar-refractivity contribution is 0.0728. The van der Waals surface area contributed by atoms with Gasteiger partial charge >= 0.3 is 0 Å². The summed E-state index contributed by atoms with van der Waals surface area (Å²) in [4.78, 5) is 14.5. The first-order valence-electron chi connectivity index (χ1n) is 8.30. The van der Waals surface area contributed by atoms with Crippen LogP contribution in [-0.4, -0.2) is 27.5 Å². The maximum absolute atomic E-state index is 12.9. The van der Waals surface area contributed by atoms with E-state index in [9.17, 15) is 4.79 Å². The van der Waals surface area contributed by atoms with Crippen LogP contribution in [0.5, 0.6) is 0 Å². The lowest BCUT2D eigenvalue weighted by Gasteiger charge is -2.20. The van der Waals surface area contributed by atoms with E-state index in [-0.39, 0.29) is 12.5 Å². The molecule has 1 amide bonds. The van der Waals surface area contributed by atoms with Crippen LogP contribution in [0.3, 0.4) is 0 Å². The van der Waals surface area contributed by atoms with Gasteiger partial charge in [0.25, 0.3) is 5.91 Å². The lowest BCUT2D eigenvalue weighted by Crippen LogP contribution is -2.31. The van der Waals surface area contributed by atoms with Crippen LogP contribution in [-0.2, 0) is 6.54 Å². The molecule has 5 nitrogen and oxygen atoms in total. The number of hydrogen-bond donors (Lipinski definition) is 0. The van der Waals surface area contributed by atoms with Gasteiger partial charge in [-0.25, -0.2) is 0 Å². The molecule has 2 aromatic carbocycles. The van der Waals surface area contributed by atoms with Gasteiger partial charge in [-0.1, -0.05) is 53.9 Å². The van der Waals surface area contributed by atoms with Crippen molar-refractivity contribution < 1.29 is 9.21 Å². The maximum atomic E-state index is 12.9. The van der Waals surface area contributed by atoms with E-state index < -0.39 is 0 Å². The average molecular weight is 425 g/mol. The molecule has 0 saturated heterocycles. The van der Waals surface area contributed by atoms with Crippen LogP contribution in [0.25, 0.3) is 11.5 Å². The predicted octanol–water partition coefficient (Wildman–Crippen LogP) is 5.75. The molecule has 0 saturated carbocycles. The Hall–Kier alpha value is -2.08. The van der Waals surface area contributed by atoms with Crippen LogP contribution in [0.4, 0.5) is 0 Å². The Kier molecular flexibility index (Phi) is 6.37. The van der Waals surface area contributed by atoms with Gasteiger partial charge < -0.3 is 9.32 Å². The van der Waals surface area contributed by atoms with Crippen LogP contribution in [0, 0.1) is 0 Å². The minimum atomic E-state index is -0.209. The zero-order chi connectivity index (χ0) is 19.4. The third-order valence-corrected chi connectivity index (χ3v) is 4.55. The molecule has 1 heterocycles. The molecule has 0 aliphatic heterocycles. The molecule has 0 atom stereocenters. The summed E-state index contributed by atoms with van der Waals surface area (Å²) in [7, 11) is 0. The van der Waals surface area contributed by atoms with E-state index in [0.717, 1.165) is 6.42 Å². The third-order valence-electron chi connectivity index (χ3n) is 3.79. The summed E-state index contributed by atoms with van der Waals surface area (Å²) in [5.41, 5.74) is 1.06. The van der Waals surface area contributed by atoms with Gasteiger partial charge in [-0.05, 0) is 36.8 Å². The largest absolute Gasteiger partial charge is 0.419 e. The topological polar surface area (TPSA) is 59.2 Å². The summed E-state index contributed by atoms with van der Waals surface area (Å²) in [6, 6.07) is 11.9. The average Bonchev–Trinajstić information content (AvgIpc) is 3.08. The van der Waals surface area contributed by atoms with E-state index in [1.54, 1.807) is 35.2 Å². The van der Waals surface area contributed by atoms with Gasteiger partial charge in [0, 0.05) is 22.2 Å². The van der Waals surface area contributed by atoms with Gasteiger partial charge in [-0.15, -0.1) is 10.2 Å². The normalized spacial score (nSPS) is 10.8. The van der Waals surface area contributed by atoms with Gasteiger partial charge in [0.15, 0.2) is 0 Å². The van der Waals surface area contributed by atoms with Crippen molar-refractivity contribution >= 4 is 40.7 Å². The monoisotopic (exact) mass is 423 g/mol. The Bertz CT molecular complexity index is 939. The lowest BCUT2D eigenvalue weighted by atomic mass is 10.2. The number of carbonyl (C=O) groups is 1. The minimum absolute atomic E-state index is 0.175. The summed E-state index contributed by atoms with van der Waals surface area (Å²) in [6.07, 6.45) is 0.769. The van der Waals surface area contributed by atoms with E-state index in [4.69, 9.17) is 39.2 Å². The van der Waals surface area contributed by atoms with E-state index in [0.29, 0.717) is 44.5 Å². The second-order valence-electron chi connectivity index (χ2n) is 5.87. The summed E-state index contributed by atoms with van der Waals surface area (Å²) < 4.78 is 5.71. The van der Waals surface area contributed by atoms with Crippen molar-refractivity contribution in [3.63, 3.8) is 0 Å². The molecule has 0 unspecified atom stereocenters. The molecule has 1 aromatic heterocycles. The number of benzene rings is 2. The van der Waals surface area contributed by atoms with Crippen LogP contribution >= 0.6 is 34.8 Å². The van der Waals surface area contributed by atoms with Gasteiger partial charge in [0.1, 0.15) is 0 Å². The number of nitrogens with zero attached hydrogens (tertiary/aromatic N) is 3. The number of halogens is 3. The molecule has 0 aliphatic carbocycles. The fraction of sp³-hybridized carbons (Fsp3) is 0.211. The molecule has 0 aliphatic rings. The first-order valence-corrected chi connectivity index (χ1v) is 9.44. The summed E-state index contributed by atoms with van der Waals surface area (Å²) in [5.74, 6) is 0.420. The molecule has 0 N–H and O–H groups in total. The highest BCUT2D eigenvalue weighted by Gasteiger charge is 2.20. The standard InChI is InChI=1S/C19H16Cl3N3O2/c1-2-7-25(19(26)12-8-13(20)10-14(21)9-12)11-17-23-24-18(27-17)15-5-3-4-6-16(15)22/h3-6,8-10H,2,7,11H2,1H3. The zero-order valence-corrected chi connectivity index (χ0v) is 16.7. The second kappa shape index (κ2) is 8.74. The SMILES string of the molecule is CCCN(Cc1nnc(-c2ccccc2Cl)o1)C(=O)c1cc(Cl)cc(Cl)c1. The van der Waals surface area contributed by atoms with Gasteiger partial charge in [0.05, 0.1) is 17.1 Å². The molecule has 8 heteroatoms. The highest BCUT2D eigenvalue weighted by molar-refractivity contribution is 6.35. The molecule has 0 bridgehead atoms. The highest BCUT2D eigenvalue weighted by Crippen LogP contribution is 2.27. The minimum Gasteiger partial charge on any atom is -0.419 e. The molecule has 0 spiro atoms. The number of amides is 1. The Morgan fingerprint density at radius 2 is 1.78 bits per heavy atom. The van der Waals surface area contributed by atoms with Crippen molar-refractivity contribution in [2.24, 2.45) is 0 Å². The van der Waals surface area contributed by atoms with E-state index >= 15 is 0 Å². The van der Waals surface area contributed by atoms with E-state index in [1.165, 1.54) is 0 Å². The molecule has 0 fully saturated rings. The number of rotatable bonds is 6. The Labute approximate surface area is 171 Å². The zero-order valence-electron chi connectivity index (χ0n) is 14.5. The van der Waals surface area contributed by atoms with Crippen molar-refractivity contribution in [1.29, 1.82) is 0 Å². The third kappa shape index (κ3) is 4.80. The quantitative estimate of drug-likeness (QED) is 0.505. The van der Waals surface area contributed by atoms with Gasteiger partial charge in [0.2, 0.25) is 11.8 Å². The van der Waals surface area contributed by atoms with Crippen molar-refractivity contribution in [3.05, 3.63) is 69.0 Å². The van der Waals surface area contributed by atoms with E-state index in [1.807, 2.05) is 19.1 Å².